The van der Waals surface area contributed by atoms with Crippen molar-refractivity contribution in [1.82, 2.24) is 9.47 Å². The van der Waals surface area contributed by atoms with Gasteiger partial charge in [-0.15, -0.1) is 0 Å². The molecule has 3 aliphatic rings. The van der Waals surface area contributed by atoms with E-state index in [9.17, 15) is 0 Å². The Balaban J connectivity index is 1.20. The molecule has 1 fully saturated rings. The van der Waals surface area contributed by atoms with Crippen molar-refractivity contribution in [3.63, 3.8) is 0 Å². The average Bonchev–Trinajstić information content (AvgIpc) is 3.34. The number of nitrogens with zero attached hydrogens (tertiary/aromatic N) is 2. The molecule has 7 rings (SSSR count). The normalized spacial score (nSPS) is 18.8. The van der Waals surface area contributed by atoms with Crippen LogP contribution in [-0.4, -0.2) is 35.5 Å². The van der Waals surface area contributed by atoms with E-state index in [1.807, 2.05) is 18.2 Å². The van der Waals surface area contributed by atoms with Gasteiger partial charge in [-0.25, -0.2) is 0 Å². The minimum Gasteiger partial charge on any atom is -0.497 e. The van der Waals surface area contributed by atoms with Crippen LogP contribution < -0.4 is 14.2 Å². The summed E-state index contributed by atoms with van der Waals surface area (Å²) in [5.74, 6) is 2.52. The van der Waals surface area contributed by atoms with Crippen LogP contribution in [0.15, 0.2) is 60.7 Å². The number of fused-ring (bicyclic) bond motifs is 6. The zero-order valence-corrected chi connectivity index (χ0v) is 25.5. The highest BCUT2D eigenvalue weighted by molar-refractivity contribution is 7.95. The quantitative estimate of drug-likeness (QED) is 0.187. The Morgan fingerprint density at radius 3 is 2.57 bits per heavy atom. The van der Waals surface area contributed by atoms with Crippen LogP contribution in [-0.2, 0) is 36.9 Å². The first kappa shape index (κ1) is 27.7. The summed E-state index contributed by atoms with van der Waals surface area (Å²) < 4.78 is 26.6. The van der Waals surface area contributed by atoms with Crippen molar-refractivity contribution >= 4 is 22.9 Å². The van der Waals surface area contributed by atoms with Crippen molar-refractivity contribution in [3.8, 4) is 17.2 Å². The minimum absolute atomic E-state index is 0.286. The monoisotopic (exact) mass is 584 g/mol. The smallest absolute Gasteiger partial charge is 0.162 e. The summed E-state index contributed by atoms with van der Waals surface area (Å²) in [6.07, 6.45) is 8.49. The van der Waals surface area contributed by atoms with E-state index in [4.69, 9.17) is 18.4 Å². The highest BCUT2D eigenvalue weighted by Gasteiger charge is 2.36. The molecular weight excluding hydrogens is 544 g/mol. The Morgan fingerprint density at radius 2 is 1.76 bits per heavy atom. The molecule has 0 radical (unpaired) electrons. The van der Waals surface area contributed by atoms with E-state index in [-0.39, 0.29) is 6.04 Å². The third-order valence-electron chi connectivity index (χ3n) is 9.31. The number of methoxy groups -OCH3 is 2. The highest BCUT2D eigenvalue weighted by Crippen LogP contribution is 2.45. The summed E-state index contributed by atoms with van der Waals surface area (Å²) in [5, 5.41) is 1.89. The lowest BCUT2D eigenvalue weighted by Gasteiger charge is -2.41. The van der Waals surface area contributed by atoms with Crippen LogP contribution in [0.25, 0.3) is 10.9 Å². The third-order valence-corrected chi connectivity index (χ3v) is 10.3. The summed E-state index contributed by atoms with van der Waals surface area (Å²) in [4.78, 5) is 2.64. The lowest BCUT2D eigenvalue weighted by Crippen LogP contribution is -2.40. The highest BCUT2D eigenvalue weighted by atomic mass is 32.2. The number of hydrogen-bond acceptors (Lipinski definition) is 6. The molecule has 1 aromatic heterocycles. The molecule has 0 N–H and O–H groups in total. The van der Waals surface area contributed by atoms with Gasteiger partial charge in [0.2, 0.25) is 0 Å². The molecule has 42 heavy (non-hydrogen) atoms. The second-order valence-electron chi connectivity index (χ2n) is 11.8. The van der Waals surface area contributed by atoms with Crippen LogP contribution in [0.2, 0.25) is 0 Å². The Morgan fingerprint density at radius 1 is 0.905 bits per heavy atom. The molecule has 1 unspecified atom stereocenters. The SMILES string of the molecule is COc1ccc2c(c1)c1c(n2COSC2CCCCC2)CN2CCc3cc(OC)c(OCc4ccccc4)cc3C2C1. The first-order valence-corrected chi connectivity index (χ1v) is 16.1. The Hall–Kier alpha value is -3.13. The minimum atomic E-state index is 0.286. The molecule has 7 heteroatoms. The van der Waals surface area contributed by atoms with Gasteiger partial charge in [0.25, 0.3) is 0 Å². The van der Waals surface area contributed by atoms with Crippen LogP contribution >= 0.6 is 12.0 Å². The van der Waals surface area contributed by atoms with Gasteiger partial charge in [0.15, 0.2) is 11.5 Å². The zero-order chi connectivity index (χ0) is 28.5. The summed E-state index contributed by atoms with van der Waals surface area (Å²) in [5.41, 5.74) is 7.86. The molecule has 3 heterocycles. The summed E-state index contributed by atoms with van der Waals surface area (Å²) in [6, 6.07) is 21.5. The Kier molecular flexibility index (Phi) is 8.06. The molecule has 1 saturated carbocycles. The van der Waals surface area contributed by atoms with Gasteiger partial charge in [-0.2, -0.15) is 0 Å². The molecule has 2 aliphatic heterocycles. The molecule has 6 nitrogen and oxygen atoms in total. The van der Waals surface area contributed by atoms with Gasteiger partial charge in [0.05, 0.1) is 19.7 Å². The Labute approximate surface area is 253 Å². The van der Waals surface area contributed by atoms with Crippen molar-refractivity contribution in [2.24, 2.45) is 0 Å². The van der Waals surface area contributed by atoms with E-state index in [0.717, 1.165) is 48.7 Å². The predicted molar refractivity (Wildman–Crippen MR) is 168 cm³/mol. The van der Waals surface area contributed by atoms with Gasteiger partial charge in [-0.1, -0.05) is 49.6 Å². The first-order chi connectivity index (χ1) is 20.7. The molecule has 4 aromatic rings. The van der Waals surface area contributed by atoms with Gasteiger partial charge >= 0.3 is 0 Å². The van der Waals surface area contributed by atoms with E-state index in [2.05, 4.69) is 51.9 Å². The van der Waals surface area contributed by atoms with E-state index in [1.165, 1.54) is 65.4 Å². The van der Waals surface area contributed by atoms with Gasteiger partial charge in [-0.05, 0) is 90.3 Å². The molecule has 0 saturated heterocycles. The van der Waals surface area contributed by atoms with Gasteiger partial charge in [-0.3, -0.25) is 9.08 Å². The maximum Gasteiger partial charge on any atom is 0.162 e. The fourth-order valence-electron chi connectivity index (χ4n) is 7.06. The van der Waals surface area contributed by atoms with Crippen LogP contribution in [0.3, 0.4) is 0 Å². The number of ether oxygens (including phenoxy) is 3. The molecule has 1 atom stereocenters. The predicted octanol–water partition coefficient (Wildman–Crippen LogP) is 7.85. The van der Waals surface area contributed by atoms with Crippen LogP contribution in [0.4, 0.5) is 0 Å². The molecule has 1 aliphatic carbocycles. The molecule has 0 spiro atoms. The maximum absolute atomic E-state index is 6.35. The van der Waals surface area contributed by atoms with Crippen molar-refractivity contribution in [2.75, 3.05) is 20.8 Å². The van der Waals surface area contributed by atoms with Crippen LogP contribution in [0.5, 0.6) is 17.2 Å². The Bertz CT molecular complexity index is 1550. The second kappa shape index (κ2) is 12.2. The summed E-state index contributed by atoms with van der Waals surface area (Å²) >= 11 is 1.70. The van der Waals surface area contributed by atoms with E-state index in [1.54, 1.807) is 26.3 Å². The second-order valence-corrected chi connectivity index (χ2v) is 12.9. The molecule has 0 bridgehead atoms. The van der Waals surface area contributed by atoms with Gasteiger partial charge < -0.3 is 18.8 Å². The lowest BCUT2D eigenvalue weighted by atomic mass is 9.85. The maximum atomic E-state index is 6.35. The standard InChI is InChI=1S/C35H40N2O4S/c1-38-26-13-14-31-29(18-26)30-19-32-28-20-35(40-22-24-9-5-3-6-10-24)34(39-2)17-25(28)15-16-36(32)21-33(30)37(31)23-41-42-27-11-7-4-8-12-27/h3,5-6,9-10,13-14,17-18,20,27,32H,4,7-8,11-12,15-16,19,21-23H2,1-2H3. The fourth-order valence-corrected chi connectivity index (χ4v) is 7.95. The lowest BCUT2D eigenvalue weighted by molar-refractivity contribution is 0.151. The number of rotatable bonds is 9. The largest absolute Gasteiger partial charge is 0.497 e. The van der Waals surface area contributed by atoms with Crippen molar-refractivity contribution in [3.05, 3.63) is 88.6 Å². The van der Waals surface area contributed by atoms with Crippen LogP contribution in [0, 0.1) is 0 Å². The first-order valence-electron chi connectivity index (χ1n) is 15.3. The average molecular weight is 585 g/mol. The molecule has 3 aromatic carbocycles. The van der Waals surface area contributed by atoms with E-state index >= 15 is 0 Å². The van der Waals surface area contributed by atoms with Crippen molar-refractivity contribution in [1.29, 1.82) is 0 Å². The van der Waals surface area contributed by atoms with Gasteiger partial charge in [0.1, 0.15) is 19.1 Å². The van der Waals surface area contributed by atoms with E-state index in [0.29, 0.717) is 18.6 Å². The summed E-state index contributed by atoms with van der Waals surface area (Å²) in [7, 11) is 3.48. The van der Waals surface area contributed by atoms with E-state index < -0.39 is 0 Å². The van der Waals surface area contributed by atoms with Crippen molar-refractivity contribution < 1.29 is 18.4 Å². The third kappa shape index (κ3) is 5.38. The number of hydrogen-bond donors (Lipinski definition) is 0. The fraction of sp³-hybridized carbons (Fsp3) is 0.429. The zero-order valence-electron chi connectivity index (χ0n) is 24.6. The molecule has 220 valence electrons. The number of aromatic nitrogens is 1. The topological polar surface area (TPSA) is 45.1 Å². The molecule has 0 amide bonds. The van der Waals surface area contributed by atoms with Crippen LogP contribution in [0.1, 0.15) is 66.1 Å². The van der Waals surface area contributed by atoms with Gasteiger partial charge in [0, 0.05) is 35.5 Å². The summed E-state index contributed by atoms with van der Waals surface area (Å²) in [6.45, 7) is 3.01. The number of benzene rings is 3. The van der Waals surface area contributed by atoms with Crippen molar-refractivity contribution in [2.45, 2.75) is 76.1 Å². The molecular formula is C35H40N2O4S.